The van der Waals surface area contributed by atoms with Crippen LogP contribution in [0.25, 0.3) is 0 Å². The fourth-order valence-corrected chi connectivity index (χ4v) is 3.69. The lowest BCUT2D eigenvalue weighted by Crippen LogP contribution is -2.35. The molecular formula is C15H23N3OS. The lowest BCUT2D eigenvalue weighted by Gasteiger charge is -2.32. The third-order valence-corrected chi connectivity index (χ3v) is 5.03. The molecule has 2 unspecified atom stereocenters. The molecule has 2 rings (SSSR count). The number of nitrogens with one attached hydrogen (secondary N) is 2. The van der Waals surface area contributed by atoms with E-state index in [1.165, 1.54) is 19.3 Å². The highest BCUT2D eigenvalue weighted by Crippen LogP contribution is 2.31. The smallest absolute Gasteiger partial charge is 0.253 e. The van der Waals surface area contributed by atoms with E-state index in [2.05, 4.69) is 16.9 Å². The van der Waals surface area contributed by atoms with Gasteiger partial charge in [-0.25, -0.2) is 0 Å². The summed E-state index contributed by atoms with van der Waals surface area (Å²) >= 11 is 1.90. The van der Waals surface area contributed by atoms with E-state index in [-0.39, 0.29) is 5.91 Å². The van der Waals surface area contributed by atoms with E-state index in [0.29, 0.717) is 22.5 Å². The summed E-state index contributed by atoms with van der Waals surface area (Å²) in [6.07, 6.45) is 7.07. The molecule has 0 spiro atoms. The first-order valence-corrected chi connectivity index (χ1v) is 8.35. The Morgan fingerprint density at radius 1 is 1.35 bits per heavy atom. The fourth-order valence-electron chi connectivity index (χ4n) is 2.76. The Bertz CT molecular complexity index is 478. The molecule has 1 aliphatic carbocycles. The highest BCUT2D eigenvalue weighted by molar-refractivity contribution is 7.99. The summed E-state index contributed by atoms with van der Waals surface area (Å²) in [7, 11) is 1.65. The summed E-state index contributed by atoms with van der Waals surface area (Å²) in [4.78, 5) is 11.9. The van der Waals surface area contributed by atoms with Gasteiger partial charge in [0.25, 0.3) is 5.91 Å². The first-order valence-electron chi connectivity index (χ1n) is 7.06. The van der Waals surface area contributed by atoms with Crippen molar-refractivity contribution in [3.05, 3.63) is 23.8 Å². The first-order chi connectivity index (χ1) is 9.65. The minimum absolute atomic E-state index is 0.0796. The van der Waals surface area contributed by atoms with Crippen molar-refractivity contribution in [3.8, 4) is 0 Å². The van der Waals surface area contributed by atoms with Gasteiger partial charge in [-0.1, -0.05) is 12.8 Å². The molecule has 0 radical (unpaired) electrons. The highest BCUT2D eigenvalue weighted by atomic mass is 32.2. The van der Waals surface area contributed by atoms with Crippen LogP contribution >= 0.6 is 11.8 Å². The Hall–Kier alpha value is -1.36. The van der Waals surface area contributed by atoms with E-state index >= 15 is 0 Å². The topological polar surface area (TPSA) is 67.2 Å². The lowest BCUT2D eigenvalue weighted by molar-refractivity contribution is 0.0964. The molecule has 1 amide bonds. The average Bonchev–Trinajstić information content (AvgIpc) is 2.47. The van der Waals surface area contributed by atoms with Gasteiger partial charge in [-0.3, -0.25) is 4.79 Å². The standard InChI is InChI=1S/C15H23N3OS/c1-17-15(19)11-8-7-10(16)9-13(11)18-12-5-3-4-6-14(12)20-2/h7-9,12,14,18H,3-6,16H2,1-2H3,(H,17,19). The van der Waals surface area contributed by atoms with E-state index in [9.17, 15) is 4.79 Å². The van der Waals surface area contributed by atoms with Crippen molar-refractivity contribution >= 4 is 29.0 Å². The van der Waals surface area contributed by atoms with Crippen molar-refractivity contribution in [1.82, 2.24) is 5.32 Å². The van der Waals surface area contributed by atoms with Crippen LogP contribution in [0.2, 0.25) is 0 Å². The number of nitrogen functional groups attached to an aromatic ring is 1. The molecule has 1 fully saturated rings. The zero-order valence-electron chi connectivity index (χ0n) is 12.1. The van der Waals surface area contributed by atoms with Gasteiger partial charge in [-0.2, -0.15) is 11.8 Å². The number of amides is 1. The minimum Gasteiger partial charge on any atom is -0.399 e. The Morgan fingerprint density at radius 3 is 2.80 bits per heavy atom. The van der Waals surface area contributed by atoms with Gasteiger partial charge in [0.15, 0.2) is 0 Å². The Kier molecular flexibility index (Phi) is 5.17. The van der Waals surface area contributed by atoms with Crippen LogP contribution in [0, 0.1) is 0 Å². The van der Waals surface area contributed by atoms with Crippen LogP contribution in [0.1, 0.15) is 36.0 Å². The number of carbonyl (C=O) groups is 1. The molecule has 4 nitrogen and oxygen atoms in total. The molecule has 1 aromatic rings. The molecule has 20 heavy (non-hydrogen) atoms. The molecule has 1 aliphatic rings. The van der Waals surface area contributed by atoms with Crippen molar-refractivity contribution in [2.75, 3.05) is 24.4 Å². The van der Waals surface area contributed by atoms with Crippen LogP contribution in [0.4, 0.5) is 11.4 Å². The summed E-state index contributed by atoms with van der Waals surface area (Å²) < 4.78 is 0. The molecular weight excluding hydrogens is 270 g/mol. The zero-order valence-corrected chi connectivity index (χ0v) is 12.9. The molecule has 0 saturated heterocycles. The summed E-state index contributed by atoms with van der Waals surface area (Å²) in [5.41, 5.74) is 8.04. The maximum Gasteiger partial charge on any atom is 0.253 e. The number of rotatable bonds is 4. The maximum atomic E-state index is 11.9. The number of carbonyl (C=O) groups excluding carboxylic acids is 1. The second-order valence-electron chi connectivity index (χ2n) is 5.19. The molecule has 2 atom stereocenters. The van der Waals surface area contributed by atoms with Crippen LogP contribution in [0.3, 0.4) is 0 Å². The van der Waals surface area contributed by atoms with Gasteiger partial charge in [0.05, 0.1) is 5.56 Å². The van der Waals surface area contributed by atoms with Gasteiger partial charge in [-0.15, -0.1) is 0 Å². The van der Waals surface area contributed by atoms with E-state index in [1.54, 1.807) is 19.2 Å². The van der Waals surface area contributed by atoms with E-state index in [0.717, 1.165) is 12.1 Å². The molecule has 0 heterocycles. The monoisotopic (exact) mass is 293 g/mol. The van der Waals surface area contributed by atoms with Crippen LogP contribution in [0.15, 0.2) is 18.2 Å². The summed E-state index contributed by atoms with van der Waals surface area (Å²) in [6.45, 7) is 0. The van der Waals surface area contributed by atoms with Crippen molar-refractivity contribution in [3.63, 3.8) is 0 Å². The molecule has 0 bridgehead atoms. The van der Waals surface area contributed by atoms with E-state index in [4.69, 9.17) is 5.73 Å². The minimum atomic E-state index is -0.0796. The van der Waals surface area contributed by atoms with Crippen LogP contribution < -0.4 is 16.4 Å². The quantitative estimate of drug-likeness (QED) is 0.747. The number of benzene rings is 1. The predicted octanol–water partition coefficient (Wildman–Crippen LogP) is 2.71. The second-order valence-corrected chi connectivity index (χ2v) is 6.27. The summed E-state index contributed by atoms with van der Waals surface area (Å²) in [5.74, 6) is -0.0796. The van der Waals surface area contributed by atoms with Crippen molar-refractivity contribution in [2.45, 2.75) is 37.0 Å². The fraction of sp³-hybridized carbons (Fsp3) is 0.533. The number of anilines is 2. The molecule has 1 saturated carbocycles. The Labute approximate surface area is 124 Å². The molecule has 1 aromatic carbocycles. The van der Waals surface area contributed by atoms with Crippen LogP contribution in [-0.2, 0) is 0 Å². The van der Waals surface area contributed by atoms with Gasteiger partial charge in [0.2, 0.25) is 0 Å². The SMILES string of the molecule is CNC(=O)c1ccc(N)cc1NC1CCCCC1SC. The van der Waals surface area contributed by atoms with Crippen molar-refractivity contribution in [2.24, 2.45) is 0 Å². The van der Waals surface area contributed by atoms with Gasteiger partial charge in [0, 0.05) is 29.7 Å². The largest absolute Gasteiger partial charge is 0.399 e. The van der Waals surface area contributed by atoms with Gasteiger partial charge in [0.1, 0.15) is 0 Å². The van der Waals surface area contributed by atoms with Gasteiger partial charge in [-0.05, 0) is 37.3 Å². The lowest BCUT2D eigenvalue weighted by atomic mass is 9.94. The van der Waals surface area contributed by atoms with Gasteiger partial charge >= 0.3 is 0 Å². The normalized spacial score (nSPS) is 22.3. The van der Waals surface area contributed by atoms with Crippen LogP contribution in [-0.4, -0.2) is 30.5 Å². The molecule has 110 valence electrons. The number of thioether (sulfide) groups is 1. The van der Waals surface area contributed by atoms with Crippen molar-refractivity contribution < 1.29 is 4.79 Å². The molecule has 4 N–H and O–H groups in total. The van der Waals surface area contributed by atoms with E-state index in [1.807, 2.05) is 17.8 Å². The van der Waals surface area contributed by atoms with E-state index < -0.39 is 0 Å². The zero-order chi connectivity index (χ0) is 14.5. The number of hydrogen-bond donors (Lipinski definition) is 3. The van der Waals surface area contributed by atoms with Crippen molar-refractivity contribution in [1.29, 1.82) is 0 Å². The van der Waals surface area contributed by atoms with Crippen LogP contribution in [0.5, 0.6) is 0 Å². The molecule has 0 aromatic heterocycles. The Balaban J connectivity index is 2.22. The number of hydrogen-bond acceptors (Lipinski definition) is 4. The molecule has 0 aliphatic heterocycles. The first kappa shape index (κ1) is 15.0. The van der Waals surface area contributed by atoms with Gasteiger partial charge < -0.3 is 16.4 Å². The average molecular weight is 293 g/mol. The second kappa shape index (κ2) is 6.88. The third-order valence-electron chi connectivity index (χ3n) is 3.86. The maximum absolute atomic E-state index is 11.9. The summed E-state index contributed by atoms with van der Waals surface area (Å²) in [6, 6.07) is 5.82. The third kappa shape index (κ3) is 3.39. The Morgan fingerprint density at radius 2 is 2.10 bits per heavy atom. The number of nitrogens with two attached hydrogens (primary N) is 1. The summed E-state index contributed by atoms with van der Waals surface area (Å²) in [5, 5.41) is 6.82. The predicted molar refractivity (Wildman–Crippen MR) is 87.4 cm³/mol. The highest BCUT2D eigenvalue weighted by Gasteiger charge is 2.25. The molecule has 5 heteroatoms.